The Morgan fingerprint density at radius 1 is 0.306 bits per heavy atom. The van der Waals surface area contributed by atoms with Gasteiger partial charge < -0.3 is 56.8 Å². The van der Waals surface area contributed by atoms with Gasteiger partial charge in [0, 0.05) is 242 Å². The highest BCUT2D eigenvalue weighted by Gasteiger charge is 2.47. The Bertz CT molecular complexity index is 7900. The van der Waals surface area contributed by atoms with Gasteiger partial charge >= 0.3 is 0 Å². The van der Waals surface area contributed by atoms with Gasteiger partial charge in [0.05, 0.1) is 110 Å². The lowest BCUT2D eigenvalue weighted by atomic mass is 9.79. The molecule has 0 radical (unpaired) electrons. The maximum absolute atomic E-state index is 13.6. The fourth-order valence-corrected chi connectivity index (χ4v) is 19.9. The van der Waals surface area contributed by atoms with Gasteiger partial charge in [0.25, 0.3) is 0 Å². The molecule has 18 rings (SSSR count). The Morgan fingerprint density at radius 3 is 0.882 bits per heavy atom. The van der Waals surface area contributed by atoms with Gasteiger partial charge in [-0.25, -0.2) is 0 Å². The molecular formula is C120H180N6O18. The van der Waals surface area contributed by atoms with Crippen LogP contribution in [0.25, 0.3) is 0 Å². The highest BCUT2D eigenvalue weighted by atomic mass is 16.5. The van der Waals surface area contributed by atoms with Gasteiger partial charge in [-0.05, 0) is 252 Å². The fourth-order valence-electron chi connectivity index (χ4n) is 19.9. The SMILES string of the molecule is C.C.C.[2H]C([2H])([2H])Oc1cc2c(cc1OC)C1CC(=O)C(C([2H])([2H])C([2H])(C([2H])([2H])[2H])C([2H])([2H])C)C([2H])([2H])N1CC2.[2H]C([2H])([2H])Oc1cc2c(cc1OC)C1CC(=O)C(C([2H])([2H])C([2H])(C([2H])([2H])[2H])C([2H])([2H])C)CN1CC2.[2H]C([2H])([2H])Oc1cc2c(cc1OC)C1CC(=O)C(CC(C)C)C([2H])([2H])N1CC2.[2H]C([2H])([2H])Oc1cc2c(cc1OC)C1N(CC2)C([2H])([2H])C([2H])(CC(C)C)C(=O)C1([2H])[2H].[2H]C([2H])([2H])Oc1cc2c(cc1OC)C1N(CC2)CC([2H])(C([2H])([2H])C([2H])(C([2H])([2H])[2H])C([2H])([2H])C)C(=O)C1([2H])[2H].[2H]C([2H])([2H])Oc1cc2c(cc1OC)C1N(CC2)CC([2H])(CC(C)C)C(=O)C1([2H])[2H]. The zero-order chi connectivity index (χ0) is 151. The van der Waals surface area contributed by atoms with Crippen molar-refractivity contribution in [2.45, 2.75) is 276 Å². The van der Waals surface area contributed by atoms with E-state index in [1.165, 1.54) is 93.8 Å². The predicted octanol–water partition coefficient (Wildman–Crippen LogP) is 22.5. The van der Waals surface area contributed by atoms with Crippen molar-refractivity contribution in [1.82, 2.24) is 29.4 Å². The molecule has 144 heavy (non-hydrogen) atoms. The number of fused-ring (bicyclic) bond motifs is 18. The topological polar surface area (TPSA) is 233 Å². The number of carbonyl (C=O) groups excluding carboxylic acids is 6. The van der Waals surface area contributed by atoms with Crippen molar-refractivity contribution in [3.05, 3.63) is 140 Å². The van der Waals surface area contributed by atoms with Crippen molar-refractivity contribution < 1.29 is 164 Å². The third kappa shape index (κ3) is 27.2. The maximum Gasteiger partial charge on any atom is 0.161 e. The highest BCUT2D eigenvalue weighted by molar-refractivity contribution is 5.86. The Balaban J connectivity index is 0.000000239. The predicted molar refractivity (Wildman–Crippen MR) is 575 cm³/mol. The molecule has 6 aromatic carbocycles. The van der Waals surface area contributed by atoms with Gasteiger partial charge in [0.1, 0.15) is 34.7 Å². The monoisotopic (exact) mass is 2050 g/mol. The van der Waals surface area contributed by atoms with E-state index >= 15 is 0 Å². The molecule has 0 aromatic heterocycles. The van der Waals surface area contributed by atoms with Crippen LogP contribution in [0.2, 0.25) is 0 Å². The molecule has 798 valence electrons. The molecular weight excluding hydrogens is 1810 g/mol. The fraction of sp³-hybridized carbons (Fsp3) is 0.650. The molecule has 0 amide bonds. The van der Waals surface area contributed by atoms with Gasteiger partial charge in [0.15, 0.2) is 69.0 Å². The summed E-state index contributed by atoms with van der Waals surface area (Å²) in [6.45, 7) is -3.25. The van der Waals surface area contributed by atoms with E-state index in [9.17, 15) is 28.8 Å². The van der Waals surface area contributed by atoms with Crippen LogP contribution in [0.3, 0.4) is 0 Å². The number of ketones is 6. The molecule has 6 saturated heterocycles. The van der Waals surface area contributed by atoms with E-state index < -0.39 is 265 Å². The third-order valence-electron chi connectivity index (χ3n) is 26.9. The second-order valence-corrected chi connectivity index (χ2v) is 37.1. The molecule has 12 aliphatic rings. The number of benzene rings is 6. The highest BCUT2D eigenvalue weighted by Crippen LogP contribution is 2.51. The zero-order valence-corrected chi connectivity index (χ0v) is 82.2. The van der Waals surface area contributed by atoms with Gasteiger partial charge in [-0.2, -0.15) is 0 Å². The summed E-state index contributed by atoms with van der Waals surface area (Å²) in [5.41, 5.74) is 6.97. The molecule has 0 aliphatic carbocycles. The standard InChI is InChI=1S/3C20H29NO3.3C19H27NO3.3CH4/c3*1-5-13(2)8-15-12-21-7-6-14-9-19(23-3)20(24-4)10-16(14)17(21)11-18(15)22;3*1-12(2)7-14-11-20-6-5-13-8-18(22-3)19(23-4)9-15(13)16(20)10-17(14)21;;;/h3*9-10,13,15,17H,5-8,11-12H2,1-4H3;3*8-9,12,14,16H,5-7,10-11H2,1-4H3;3*1H4/i2D3,3D3,5D2,8D2,11D2,13D,15D;2D3,3D3,5D2,8D2,12D2,13D;2D3,3D3,5D2,8D2,13D;3D3,10D2,11D2,14D;3D3,10D2,14D;3D3,11D2;;;. The first-order valence-electron chi connectivity index (χ1n) is 75.5. The summed E-state index contributed by atoms with van der Waals surface area (Å²) in [7, 11) is -8.19. The minimum atomic E-state index is -3.67. The summed E-state index contributed by atoms with van der Waals surface area (Å²) in [5.74, 6) is -25.8. The summed E-state index contributed by atoms with van der Waals surface area (Å²) in [4.78, 5) is 88.6. The normalized spacial score (nSPS) is 35.6. The van der Waals surface area contributed by atoms with Gasteiger partial charge in [-0.15, -0.1) is 0 Å². The lowest BCUT2D eigenvalue weighted by molar-refractivity contribution is -0.130. The minimum Gasteiger partial charge on any atom is -0.493 e. The van der Waals surface area contributed by atoms with Crippen molar-refractivity contribution in [2.75, 3.05) is 163 Å². The van der Waals surface area contributed by atoms with Crippen LogP contribution in [0.1, 0.15) is 382 Å². The molecule has 24 heteroatoms. The second kappa shape index (κ2) is 53.5. The summed E-state index contributed by atoms with van der Waals surface area (Å²) < 4.78 is 519. The lowest BCUT2D eigenvalue weighted by Gasteiger charge is -2.43. The second-order valence-electron chi connectivity index (χ2n) is 37.1. The van der Waals surface area contributed by atoms with E-state index in [0.717, 1.165) is 36.1 Å². The summed E-state index contributed by atoms with van der Waals surface area (Å²) in [6.07, 6.45) is -24.2. The molecule has 15 atom stereocenters. The molecule has 0 saturated carbocycles. The van der Waals surface area contributed by atoms with E-state index in [1.54, 1.807) is 55.1 Å². The molecule has 6 fully saturated rings. The number of hydrogen-bond acceptors (Lipinski definition) is 24. The first-order chi connectivity index (χ1) is 89.4. The van der Waals surface area contributed by atoms with Crippen LogP contribution >= 0.6 is 0 Å². The van der Waals surface area contributed by atoms with E-state index in [1.807, 2.05) is 37.5 Å². The number of rotatable bonds is 27. The molecule has 0 N–H and O–H groups in total. The summed E-state index contributed by atoms with van der Waals surface area (Å²) in [6, 6.07) is 12.7. The van der Waals surface area contributed by atoms with Crippen LogP contribution in [0.5, 0.6) is 69.0 Å². The molecule has 24 nitrogen and oxygen atoms in total. The maximum atomic E-state index is 13.6. The van der Waals surface area contributed by atoms with Crippen molar-refractivity contribution in [2.24, 2.45) is 70.9 Å². The number of hydrogen-bond donors (Lipinski definition) is 0. The largest absolute Gasteiger partial charge is 0.493 e. The van der Waals surface area contributed by atoms with Gasteiger partial charge in [-0.3, -0.25) is 58.2 Å². The molecule has 12 aliphatic heterocycles. The van der Waals surface area contributed by atoms with E-state index in [2.05, 4.69) is 0 Å². The quantitative estimate of drug-likeness (QED) is 0.0466. The van der Waals surface area contributed by atoms with E-state index in [-0.39, 0.29) is 198 Å². The zero-order valence-electron chi connectivity index (χ0n) is 139. The molecule has 0 bridgehead atoms. The number of carbonyl (C=O) groups is 6. The van der Waals surface area contributed by atoms with E-state index in [0.29, 0.717) is 97.6 Å². The number of methoxy groups -OCH3 is 12. The summed E-state index contributed by atoms with van der Waals surface area (Å²) in [5, 5.41) is 0. The van der Waals surface area contributed by atoms with Crippen LogP contribution in [0.15, 0.2) is 72.8 Å². The Kier molecular flexibility index (Phi) is 22.2. The third-order valence-corrected chi connectivity index (χ3v) is 26.9. The molecule has 15 unspecified atom stereocenters. The Morgan fingerprint density at radius 2 is 0.556 bits per heavy atom. The molecule has 6 aromatic rings. The first kappa shape index (κ1) is 59.8. The Hall–Kier alpha value is -9.30. The average Bonchev–Trinajstić information content (AvgIpc) is 0.673. The summed E-state index contributed by atoms with van der Waals surface area (Å²) >= 11 is 0. The average molecular weight is 2050 g/mol. The molecule has 0 spiro atoms. The van der Waals surface area contributed by atoms with Crippen molar-refractivity contribution in [3.8, 4) is 69.0 Å². The number of Topliss-reactive ketones (excluding diaryl/α,β-unsaturated/α-hetero) is 6. The molecule has 12 heterocycles. The number of piperidine rings is 6. The van der Waals surface area contributed by atoms with Gasteiger partial charge in [0.2, 0.25) is 0 Å². The van der Waals surface area contributed by atoms with Crippen LogP contribution in [-0.2, 0) is 67.3 Å². The lowest BCUT2D eigenvalue weighted by Crippen LogP contribution is -2.46. The van der Waals surface area contributed by atoms with Crippen molar-refractivity contribution >= 4 is 34.7 Å². The first-order valence-corrected chi connectivity index (χ1v) is 47.0. The minimum absolute atomic E-state index is 0. The van der Waals surface area contributed by atoms with Crippen LogP contribution in [0, 0.1) is 70.9 Å². The number of ether oxygens (including phenoxy) is 12. The van der Waals surface area contributed by atoms with Gasteiger partial charge in [-0.1, -0.05) is 124 Å². The van der Waals surface area contributed by atoms with Crippen LogP contribution < -0.4 is 56.8 Å². The smallest absolute Gasteiger partial charge is 0.161 e. The Labute approximate surface area is 944 Å². The van der Waals surface area contributed by atoms with Crippen molar-refractivity contribution in [3.63, 3.8) is 0 Å². The van der Waals surface area contributed by atoms with Crippen molar-refractivity contribution in [1.29, 1.82) is 0 Å². The van der Waals surface area contributed by atoms with Crippen LogP contribution in [0.4, 0.5) is 0 Å². The number of nitrogens with zero attached hydrogens (tertiary/aromatic N) is 6. The van der Waals surface area contributed by atoms with E-state index in [4.69, 9.17) is 135 Å². The van der Waals surface area contributed by atoms with Crippen LogP contribution in [-0.4, -0.2) is 227 Å².